The highest BCUT2D eigenvalue weighted by molar-refractivity contribution is 6.30. The predicted molar refractivity (Wildman–Crippen MR) is 91.2 cm³/mol. The van der Waals surface area contributed by atoms with Gasteiger partial charge in [0, 0.05) is 0 Å². The van der Waals surface area contributed by atoms with Crippen molar-refractivity contribution in [3.8, 4) is 0 Å². The Kier molecular flexibility index (Phi) is 4.40. The molecule has 0 radical (unpaired) electrons. The second-order valence-electron chi connectivity index (χ2n) is 5.60. The van der Waals surface area contributed by atoms with E-state index in [2.05, 4.69) is 10.3 Å². The zero-order valence-corrected chi connectivity index (χ0v) is 13.9. The third-order valence-corrected chi connectivity index (χ3v) is 3.69. The highest BCUT2D eigenvalue weighted by Gasteiger charge is 2.39. The van der Waals surface area contributed by atoms with Gasteiger partial charge in [-0.1, -0.05) is 41.9 Å². The molecule has 1 aromatic heterocycles. The minimum absolute atomic E-state index is 0.264. The summed E-state index contributed by atoms with van der Waals surface area (Å²) in [6, 6.07) is 11.4. The molecule has 2 amide bonds. The normalized spacial score (nSPS) is 16.6. The molecule has 24 heavy (non-hydrogen) atoms. The monoisotopic (exact) mass is 345 g/mol. The number of halogens is 1. The van der Waals surface area contributed by atoms with Gasteiger partial charge in [-0.15, -0.1) is 0 Å². The van der Waals surface area contributed by atoms with Gasteiger partial charge in [0.05, 0.1) is 11.8 Å². The largest absolute Gasteiger partial charge is 0.446 e. The Bertz CT molecular complexity index is 780. The number of imide groups is 1. The number of nitrogens with one attached hydrogen (secondary N) is 1. The van der Waals surface area contributed by atoms with Gasteiger partial charge in [-0.2, -0.15) is 0 Å². The number of fused-ring (bicyclic) bond motifs is 1. The summed E-state index contributed by atoms with van der Waals surface area (Å²) in [5.74, 6) is -0.0693. The number of rotatable bonds is 2. The predicted octanol–water partition coefficient (Wildman–Crippen LogP) is 3.78. The summed E-state index contributed by atoms with van der Waals surface area (Å²) in [4.78, 5) is 30.5. The van der Waals surface area contributed by atoms with Crippen LogP contribution in [-0.4, -0.2) is 23.1 Å². The Morgan fingerprint density at radius 1 is 1.25 bits per heavy atom. The highest BCUT2D eigenvalue weighted by Crippen LogP contribution is 2.36. The van der Waals surface area contributed by atoms with E-state index in [0.29, 0.717) is 11.5 Å². The summed E-state index contributed by atoms with van der Waals surface area (Å²) >= 11 is 5.95. The van der Waals surface area contributed by atoms with Gasteiger partial charge in [-0.05, 0) is 31.5 Å². The van der Waals surface area contributed by atoms with E-state index in [9.17, 15) is 9.59 Å². The van der Waals surface area contributed by atoms with Gasteiger partial charge < -0.3 is 10.1 Å². The summed E-state index contributed by atoms with van der Waals surface area (Å²) < 4.78 is 5.21. The molecule has 7 heteroatoms. The highest BCUT2D eigenvalue weighted by atomic mass is 35.5. The smallest absolute Gasteiger partial charge is 0.421 e. The number of ether oxygens (including phenoxy) is 1. The van der Waals surface area contributed by atoms with Crippen molar-refractivity contribution >= 4 is 35.1 Å². The van der Waals surface area contributed by atoms with Crippen LogP contribution in [0.5, 0.6) is 0 Å². The Morgan fingerprint density at radius 3 is 2.62 bits per heavy atom. The lowest BCUT2D eigenvalue weighted by atomic mass is 10.0. The van der Waals surface area contributed by atoms with Crippen molar-refractivity contribution in [1.82, 2.24) is 4.98 Å². The van der Waals surface area contributed by atoms with Gasteiger partial charge in [-0.3, -0.25) is 4.79 Å². The number of pyridine rings is 1. The molecule has 1 aliphatic rings. The minimum atomic E-state index is -0.746. The number of aromatic nitrogens is 1. The number of anilines is 2. The van der Waals surface area contributed by atoms with E-state index in [-0.39, 0.29) is 11.3 Å². The van der Waals surface area contributed by atoms with E-state index in [1.54, 1.807) is 32.0 Å². The van der Waals surface area contributed by atoms with Crippen molar-refractivity contribution in [2.45, 2.75) is 26.0 Å². The SMILES string of the molecule is CC(C)OC(=O)N1C(=O)C(c2ccccc2)Nc2nc(Cl)ccc21. The fraction of sp³-hybridized carbons (Fsp3) is 0.235. The van der Waals surface area contributed by atoms with Crippen LogP contribution in [0.1, 0.15) is 25.5 Å². The molecule has 124 valence electrons. The number of amides is 2. The summed E-state index contributed by atoms with van der Waals surface area (Å²) in [6.07, 6.45) is -1.08. The molecule has 1 unspecified atom stereocenters. The maximum atomic E-state index is 12.9. The minimum Gasteiger partial charge on any atom is -0.446 e. The Morgan fingerprint density at radius 2 is 1.96 bits per heavy atom. The number of carbonyl (C=O) groups is 2. The lowest BCUT2D eigenvalue weighted by Gasteiger charge is -2.33. The third kappa shape index (κ3) is 3.05. The quantitative estimate of drug-likeness (QED) is 0.839. The van der Waals surface area contributed by atoms with E-state index in [1.165, 1.54) is 6.07 Å². The number of nitrogens with zero attached hydrogens (tertiary/aromatic N) is 2. The maximum Gasteiger partial charge on any atom is 0.421 e. The molecule has 0 saturated carbocycles. The molecular formula is C17H16ClN3O3. The molecular weight excluding hydrogens is 330 g/mol. The van der Waals surface area contributed by atoms with E-state index < -0.39 is 18.0 Å². The van der Waals surface area contributed by atoms with Crippen LogP contribution in [0.2, 0.25) is 5.15 Å². The van der Waals surface area contributed by atoms with E-state index in [4.69, 9.17) is 16.3 Å². The molecule has 0 bridgehead atoms. The lowest BCUT2D eigenvalue weighted by molar-refractivity contribution is -0.119. The van der Waals surface area contributed by atoms with Crippen molar-refractivity contribution in [2.24, 2.45) is 0 Å². The molecule has 0 aliphatic carbocycles. The van der Waals surface area contributed by atoms with E-state index in [1.807, 2.05) is 18.2 Å². The first-order valence-corrected chi connectivity index (χ1v) is 7.88. The van der Waals surface area contributed by atoms with Crippen LogP contribution >= 0.6 is 11.6 Å². The van der Waals surface area contributed by atoms with Crippen molar-refractivity contribution in [1.29, 1.82) is 0 Å². The molecule has 6 nitrogen and oxygen atoms in total. The lowest BCUT2D eigenvalue weighted by Crippen LogP contribution is -2.47. The van der Waals surface area contributed by atoms with E-state index in [0.717, 1.165) is 10.5 Å². The first-order valence-electron chi connectivity index (χ1n) is 7.50. The molecule has 0 saturated heterocycles. The molecule has 0 fully saturated rings. The van der Waals surface area contributed by atoms with Gasteiger partial charge in [0.1, 0.15) is 11.2 Å². The number of carbonyl (C=O) groups excluding carboxylic acids is 2. The molecule has 1 atom stereocenters. The number of benzene rings is 1. The van der Waals surface area contributed by atoms with Crippen LogP contribution in [-0.2, 0) is 9.53 Å². The van der Waals surface area contributed by atoms with Crippen molar-refractivity contribution in [3.05, 3.63) is 53.2 Å². The van der Waals surface area contributed by atoms with Crippen molar-refractivity contribution in [2.75, 3.05) is 10.2 Å². The first kappa shape index (κ1) is 16.3. The topological polar surface area (TPSA) is 71.5 Å². The molecule has 3 rings (SSSR count). The standard InChI is InChI=1S/C17H16ClN3O3/c1-10(2)24-17(23)21-12-8-9-13(18)19-15(12)20-14(16(21)22)11-6-4-3-5-7-11/h3-10,14H,1-2H3,(H,19,20). The molecule has 1 N–H and O–H groups in total. The zero-order valence-electron chi connectivity index (χ0n) is 13.2. The van der Waals surface area contributed by atoms with Gasteiger partial charge >= 0.3 is 6.09 Å². The first-order chi connectivity index (χ1) is 11.5. The summed E-state index contributed by atoms with van der Waals surface area (Å²) in [7, 11) is 0. The van der Waals surface area contributed by atoms with Crippen molar-refractivity contribution < 1.29 is 14.3 Å². The summed E-state index contributed by atoms with van der Waals surface area (Å²) in [6.45, 7) is 3.44. The second kappa shape index (κ2) is 6.49. The second-order valence-corrected chi connectivity index (χ2v) is 5.98. The van der Waals surface area contributed by atoms with Gasteiger partial charge in [-0.25, -0.2) is 14.7 Å². The van der Waals surface area contributed by atoms with Gasteiger partial charge in [0.2, 0.25) is 0 Å². The fourth-order valence-electron chi connectivity index (χ4n) is 2.47. The summed E-state index contributed by atoms with van der Waals surface area (Å²) in [5, 5.41) is 3.31. The average Bonchev–Trinajstić information content (AvgIpc) is 2.54. The number of hydrogen-bond donors (Lipinski definition) is 1. The number of hydrogen-bond acceptors (Lipinski definition) is 5. The molecule has 0 spiro atoms. The van der Waals surface area contributed by atoms with Crippen LogP contribution in [0, 0.1) is 0 Å². The Labute approximate surface area is 144 Å². The van der Waals surface area contributed by atoms with Crippen molar-refractivity contribution in [3.63, 3.8) is 0 Å². The molecule has 1 aliphatic heterocycles. The van der Waals surface area contributed by atoms with Crippen LogP contribution in [0.3, 0.4) is 0 Å². The summed E-state index contributed by atoms with van der Waals surface area (Å²) in [5.41, 5.74) is 1.04. The average molecular weight is 346 g/mol. The molecule has 2 aromatic rings. The third-order valence-electron chi connectivity index (χ3n) is 3.48. The molecule has 2 heterocycles. The van der Waals surface area contributed by atoms with Crippen LogP contribution in [0.15, 0.2) is 42.5 Å². The van der Waals surface area contributed by atoms with Gasteiger partial charge in [0.15, 0.2) is 5.82 Å². The van der Waals surface area contributed by atoms with Crippen LogP contribution in [0.4, 0.5) is 16.3 Å². The zero-order chi connectivity index (χ0) is 17.3. The maximum absolute atomic E-state index is 12.9. The van der Waals surface area contributed by atoms with Gasteiger partial charge in [0.25, 0.3) is 5.91 Å². The Hall–Kier alpha value is -2.60. The fourth-order valence-corrected chi connectivity index (χ4v) is 2.62. The molecule has 1 aromatic carbocycles. The van der Waals surface area contributed by atoms with Crippen LogP contribution in [0.25, 0.3) is 0 Å². The Balaban J connectivity index is 2.06. The van der Waals surface area contributed by atoms with E-state index >= 15 is 0 Å². The van der Waals surface area contributed by atoms with Crippen LogP contribution < -0.4 is 10.2 Å².